The number of hydrogen-bond acceptors (Lipinski definition) is 6. The Bertz CT molecular complexity index is 493. The lowest BCUT2D eigenvalue weighted by molar-refractivity contribution is 0.0527. The summed E-state index contributed by atoms with van der Waals surface area (Å²) in [5.74, 6) is 0.686. The van der Waals surface area contributed by atoms with E-state index >= 15 is 0 Å². The summed E-state index contributed by atoms with van der Waals surface area (Å²) in [6.07, 6.45) is 3.84. The normalized spacial score (nSPS) is 21.2. The molecule has 1 aromatic heterocycles. The van der Waals surface area contributed by atoms with Crippen molar-refractivity contribution < 1.29 is 14.3 Å². The molecule has 0 spiro atoms. The molecule has 1 aromatic rings. The van der Waals surface area contributed by atoms with Crippen LogP contribution < -0.4 is 11.1 Å². The van der Waals surface area contributed by atoms with Crippen LogP contribution in [-0.2, 0) is 9.47 Å². The molecule has 0 bridgehead atoms. The molecule has 21 heavy (non-hydrogen) atoms. The van der Waals surface area contributed by atoms with Crippen LogP contribution in [0, 0.1) is 5.92 Å². The highest BCUT2D eigenvalue weighted by Crippen LogP contribution is 2.24. The topological polar surface area (TPSA) is 86.5 Å². The molecule has 0 aromatic carbocycles. The highest BCUT2D eigenvalue weighted by molar-refractivity contribution is 5.95. The number of carbonyl (C=O) groups is 1. The number of anilines is 2. The smallest absolute Gasteiger partial charge is 0.340 e. The van der Waals surface area contributed by atoms with Crippen LogP contribution in [0.15, 0.2) is 12.3 Å². The lowest BCUT2D eigenvalue weighted by atomic mass is 10.00. The molecular formula is C15H23N3O3. The highest BCUT2D eigenvalue weighted by atomic mass is 16.5. The van der Waals surface area contributed by atoms with Gasteiger partial charge in [-0.05, 0) is 25.8 Å². The molecule has 2 rings (SSSR count). The van der Waals surface area contributed by atoms with Crippen LogP contribution in [0.1, 0.15) is 37.0 Å². The van der Waals surface area contributed by atoms with E-state index in [9.17, 15) is 4.79 Å². The lowest BCUT2D eigenvalue weighted by Crippen LogP contribution is -2.23. The van der Waals surface area contributed by atoms with E-state index < -0.39 is 5.97 Å². The van der Waals surface area contributed by atoms with Crippen LogP contribution in [0.4, 0.5) is 11.5 Å². The van der Waals surface area contributed by atoms with Gasteiger partial charge in [0.05, 0.1) is 30.2 Å². The summed E-state index contributed by atoms with van der Waals surface area (Å²) in [7, 11) is 0. The van der Waals surface area contributed by atoms with Gasteiger partial charge in [0, 0.05) is 19.1 Å². The number of carbonyl (C=O) groups excluding carboxylic acids is 1. The highest BCUT2D eigenvalue weighted by Gasteiger charge is 2.26. The number of nitrogens with one attached hydrogen (secondary N) is 1. The third kappa shape index (κ3) is 3.85. The zero-order valence-corrected chi connectivity index (χ0v) is 12.6. The van der Waals surface area contributed by atoms with E-state index in [-0.39, 0.29) is 0 Å². The van der Waals surface area contributed by atoms with E-state index in [4.69, 9.17) is 15.2 Å². The fourth-order valence-corrected chi connectivity index (χ4v) is 2.56. The lowest BCUT2D eigenvalue weighted by Gasteiger charge is -2.18. The van der Waals surface area contributed by atoms with Crippen molar-refractivity contribution in [3.8, 4) is 0 Å². The molecule has 6 heteroatoms. The van der Waals surface area contributed by atoms with Gasteiger partial charge in [-0.25, -0.2) is 9.78 Å². The van der Waals surface area contributed by atoms with Crippen LogP contribution in [0.25, 0.3) is 0 Å². The number of ether oxygens (including phenoxy) is 2. The summed E-state index contributed by atoms with van der Waals surface area (Å²) in [5, 5.41) is 3.26. The van der Waals surface area contributed by atoms with Gasteiger partial charge in [0.15, 0.2) is 0 Å². The maximum Gasteiger partial charge on any atom is 0.340 e. The van der Waals surface area contributed by atoms with Gasteiger partial charge in [0.25, 0.3) is 0 Å². The largest absolute Gasteiger partial charge is 0.462 e. The third-order valence-corrected chi connectivity index (χ3v) is 3.72. The van der Waals surface area contributed by atoms with Crippen LogP contribution in [0.5, 0.6) is 0 Å². The van der Waals surface area contributed by atoms with E-state index in [0.29, 0.717) is 35.7 Å². The van der Waals surface area contributed by atoms with E-state index in [0.717, 1.165) is 26.0 Å². The number of nitrogens with zero attached hydrogens (tertiary/aromatic N) is 1. The zero-order valence-electron chi connectivity index (χ0n) is 12.6. The van der Waals surface area contributed by atoms with Gasteiger partial charge in [-0.15, -0.1) is 0 Å². The molecule has 2 unspecified atom stereocenters. The quantitative estimate of drug-likeness (QED) is 0.781. The Morgan fingerprint density at radius 2 is 2.38 bits per heavy atom. The zero-order chi connectivity index (χ0) is 15.2. The van der Waals surface area contributed by atoms with E-state index in [2.05, 4.69) is 17.2 Å². The molecule has 1 aliphatic heterocycles. The minimum absolute atomic E-state index is 0.302. The maximum absolute atomic E-state index is 11.8. The van der Waals surface area contributed by atoms with Gasteiger partial charge in [-0.1, -0.05) is 6.92 Å². The molecule has 0 radical (unpaired) electrons. The molecule has 116 valence electrons. The minimum Gasteiger partial charge on any atom is -0.462 e. The van der Waals surface area contributed by atoms with Gasteiger partial charge >= 0.3 is 5.97 Å². The Balaban J connectivity index is 2.00. The van der Waals surface area contributed by atoms with E-state index in [1.807, 2.05) is 0 Å². The van der Waals surface area contributed by atoms with Crippen molar-refractivity contribution in [3.63, 3.8) is 0 Å². The molecule has 0 saturated carbocycles. The number of hydrogen-bond donors (Lipinski definition) is 2. The van der Waals surface area contributed by atoms with Crippen molar-refractivity contribution in [1.82, 2.24) is 4.98 Å². The van der Waals surface area contributed by atoms with E-state index in [1.54, 1.807) is 13.0 Å². The van der Waals surface area contributed by atoms with Crippen molar-refractivity contribution in [2.45, 2.75) is 32.8 Å². The van der Waals surface area contributed by atoms with Crippen molar-refractivity contribution in [1.29, 1.82) is 0 Å². The number of aromatic nitrogens is 1. The second-order valence-corrected chi connectivity index (χ2v) is 5.12. The first-order valence-electron chi connectivity index (χ1n) is 7.43. The number of nitrogen functional groups attached to an aromatic ring is 1. The Morgan fingerprint density at radius 3 is 3.10 bits per heavy atom. The van der Waals surface area contributed by atoms with Gasteiger partial charge in [-0.3, -0.25) is 0 Å². The summed E-state index contributed by atoms with van der Waals surface area (Å²) >= 11 is 0. The number of nitrogens with two attached hydrogens (primary N) is 1. The molecular weight excluding hydrogens is 270 g/mol. The predicted octanol–water partition coefficient (Wildman–Crippen LogP) is 2.07. The first kappa shape index (κ1) is 15.6. The molecule has 0 aliphatic carbocycles. The molecule has 1 saturated heterocycles. The van der Waals surface area contributed by atoms with Crippen molar-refractivity contribution >= 4 is 17.5 Å². The van der Waals surface area contributed by atoms with Gasteiger partial charge in [-0.2, -0.15) is 0 Å². The minimum atomic E-state index is -0.420. The number of esters is 1. The monoisotopic (exact) mass is 293 g/mol. The number of rotatable bonds is 6. The standard InChI is InChI=1S/C15H23N3O3/c1-3-13-10(5-6-21-13)8-17-14-7-11(12(16)9-18-14)15(19)20-4-2/h7,9-10,13H,3-6,8,16H2,1-2H3,(H,17,18). The summed E-state index contributed by atoms with van der Waals surface area (Å²) < 4.78 is 10.6. The number of pyridine rings is 1. The molecule has 3 N–H and O–H groups in total. The first-order chi connectivity index (χ1) is 10.2. The molecule has 1 aliphatic rings. The molecule has 2 heterocycles. The predicted molar refractivity (Wildman–Crippen MR) is 81.2 cm³/mol. The molecule has 6 nitrogen and oxygen atoms in total. The van der Waals surface area contributed by atoms with Crippen LogP contribution >= 0.6 is 0 Å². The fourth-order valence-electron chi connectivity index (χ4n) is 2.56. The maximum atomic E-state index is 11.8. The van der Waals surface area contributed by atoms with Gasteiger partial charge in [0.1, 0.15) is 5.82 Å². The Morgan fingerprint density at radius 1 is 1.57 bits per heavy atom. The first-order valence-corrected chi connectivity index (χ1v) is 7.43. The summed E-state index contributed by atoms with van der Waals surface area (Å²) in [6.45, 7) is 5.80. The Hall–Kier alpha value is -1.82. The van der Waals surface area contributed by atoms with Crippen molar-refractivity contribution in [2.75, 3.05) is 30.8 Å². The van der Waals surface area contributed by atoms with Crippen LogP contribution in [0.3, 0.4) is 0 Å². The molecule has 2 atom stereocenters. The molecule has 1 fully saturated rings. The average molecular weight is 293 g/mol. The SMILES string of the molecule is CCOC(=O)c1cc(NCC2CCOC2CC)ncc1N. The van der Waals surface area contributed by atoms with Gasteiger partial charge < -0.3 is 20.5 Å². The average Bonchev–Trinajstić information content (AvgIpc) is 2.94. The van der Waals surface area contributed by atoms with Crippen molar-refractivity contribution in [2.24, 2.45) is 5.92 Å². The van der Waals surface area contributed by atoms with Gasteiger partial charge in [0.2, 0.25) is 0 Å². The summed E-state index contributed by atoms with van der Waals surface area (Å²) in [4.78, 5) is 16.0. The Labute approximate surface area is 125 Å². The van der Waals surface area contributed by atoms with Crippen molar-refractivity contribution in [3.05, 3.63) is 17.8 Å². The second-order valence-electron chi connectivity index (χ2n) is 5.12. The Kier molecular flexibility index (Phi) is 5.38. The van der Waals surface area contributed by atoms with E-state index in [1.165, 1.54) is 6.20 Å². The van der Waals surface area contributed by atoms with Crippen LogP contribution in [0.2, 0.25) is 0 Å². The van der Waals surface area contributed by atoms with Crippen LogP contribution in [-0.4, -0.2) is 36.8 Å². The summed E-state index contributed by atoms with van der Waals surface area (Å²) in [5.41, 5.74) is 6.45. The molecule has 0 amide bonds. The third-order valence-electron chi connectivity index (χ3n) is 3.72. The summed E-state index contributed by atoms with van der Waals surface area (Å²) in [6, 6.07) is 1.64. The fraction of sp³-hybridized carbons (Fsp3) is 0.600. The second kappa shape index (κ2) is 7.26.